The number of ether oxygens (including phenoxy) is 1. The van der Waals surface area contributed by atoms with Crippen LogP contribution in [-0.2, 0) is 16.0 Å². The first-order chi connectivity index (χ1) is 6.34. The fraction of sp³-hybridized carbons (Fsp3) is 0.500. The highest BCUT2D eigenvalue weighted by Crippen LogP contribution is 2.44. The lowest BCUT2D eigenvalue weighted by Gasteiger charge is -2.22. The number of rotatable bonds is 0. The van der Waals surface area contributed by atoms with Gasteiger partial charge < -0.3 is 4.74 Å². The van der Waals surface area contributed by atoms with E-state index in [1.54, 1.807) is 11.3 Å². The number of hydrogen-bond donors (Lipinski definition) is 0. The van der Waals surface area contributed by atoms with Crippen molar-refractivity contribution in [3.8, 4) is 0 Å². The van der Waals surface area contributed by atoms with Crippen molar-refractivity contribution in [3.05, 3.63) is 21.9 Å². The Hall–Kier alpha value is -0.830. The van der Waals surface area contributed by atoms with Gasteiger partial charge in [0.2, 0.25) is 0 Å². The molecule has 2 unspecified atom stereocenters. The summed E-state index contributed by atoms with van der Waals surface area (Å²) in [5, 5.41) is 2.10. The highest BCUT2D eigenvalue weighted by molar-refractivity contribution is 7.10. The molecule has 2 heterocycles. The Labute approximate surface area is 80.5 Å². The predicted molar refractivity (Wildman–Crippen MR) is 49.6 cm³/mol. The van der Waals surface area contributed by atoms with Gasteiger partial charge in [-0.25, -0.2) is 0 Å². The fourth-order valence-electron chi connectivity index (χ4n) is 2.30. The topological polar surface area (TPSA) is 26.3 Å². The van der Waals surface area contributed by atoms with Gasteiger partial charge in [0, 0.05) is 16.4 Å². The third kappa shape index (κ3) is 1.03. The van der Waals surface area contributed by atoms with Crippen LogP contribution in [0.4, 0.5) is 0 Å². The molecular weight excluding hydrogens is 184 g/mol. The summed E-state index contributed by atoms with van der Waals surface area (Å²) >= 11 is 1.78. The van der Waals surface area contributed by atoms with E-state index in [2.05, 4.69) is 11.4 Å². The summed E-state index contributed by atoms with van der Waals surface area (Å²) in [5.74, 6) is 0.434. The molecule has 0 bridgehead atoms. The highest BCUT2D eigenvalue weighted by Gasteiger charge is 2.39. The Kier molecular flexibility index (Phi) is 1.50. The van der Waals surface area contributed by atoms with Crippen LogP contribution in [0.5, 0.6) is 0 Å². The van der Waals surface area contributed by atoms with Gasteiger partial charge in [0.1, 0.15) is 6.10 Å². The van der Waals surface area contributed by atoms with E-state index in [0.29, 0.717) is 12.3 Å². The van der Waals surface area contributed by atoms with Gasteiger partial charge in [0.15, 0.2) is 0 Å². The number of thiophene rings is 1. The summed E-state index contributed by atoms with van der Waals surface area (Å²) < 4.78 is 5.32. The molecule has 1 saturated heterocycles. The van der Waals surface area contributed by atoms with Gasteiger partial charge >= 0.3 is 5.97 Å². The van der Waals surface area contributed by atoms with E-state index >= 15 is 0 Å². The van der Waals surface area contributed by atoms with Crippen LogP contribution in [-0.4, -0.2) is 5.97 Å². The molecule has 68 valence electrons. The van der Waals surface area contributed by atoms with Crippen molar-refractivity contribution in [3.63, 3.8) is 0 Å². The fourth-order valence-corrected chi connectivity index (χ4v) is 3.24. The van der Waals surface area contributed by atoms with E-state index in [-0.39, 0.29) is 12.1 Å². The molecule has 3 rings (SSSR count). The molecule has 3 heteroatoms. The Morgan fingerprint density at radius 3 is 3.38 bits per heavy atom. The summed E-state index contributed by atoms with van der Waals surface area (Å²) in [6.07, 6.45) is 2.96. The Balaban J connectivity index is 2.03. The highest BCUT2D eigenvalue weighted by atomic mass is 32.1. The molecule has 0 N–H and O–H groups in total. The van der Waals surface area contributed by atoms with E-state index in [4.69, 9.17) is 4.74 Å². The molecule has 1 fully saturated rings. The maximum Gasteiger partial charge on any atom is 0.306 e. The minimum absolute atomic E-state index is 0.0194. The van der Waals surface area contributed by atoms with Crippen molar-refractivity contribution in [2.75, 3.05) is 0 Å². The van der Waals surface area contributed by atoms with Crippen LogP contribution in [0.1, 0.15) is 29.4 Å². The second-order valence-corrected chi connectivity index (χ2v) is 4.71. The largest absolute Gasteiger partial charge is 0.457 e. The molecule has 2 aliphatic rings. The average Bonchev–Trinajstić information content (AvgIpc) is 2.65. The number of carbonyl (C=O) groups is 1. The first-order valence-corrected chi connectivity index (χ1v) is 5.48. The standard InChI is InChI=1S/C10H10O2S/c11-9-5-6-1-2-8-7(3-4-13-8)10(6)12-9/h3-4,6,10H,1-2,5H2. The minimum Gasteiger partial charge on any atom is -0.457 e. The quantitative estimate of drug-likeness (QED) is 0.592. The summed E-state index contributed by atoms with van der Waals surface area (Å²) in [6.45, 7) is 0. The zero-order chi connectivity index (χ0) is 8.84. The lowest BCUT2D eigenvalue weighted by atomic mass is 9.85. The van der Waals surface area contributed by atoms with E-state index in [1.807, 2.05) is 0 Å². The smallest absolute Gasteiger partial charge is 0.306 e. The van der Waals surface area contributed by atoms with Crippen LogP contribution in [0.3, 0.4) is 0 Å². The average molecular weight is 194 g/mol. The number of hydrogen-bond acceptors (Lipinski definition) is 3. The van der Waals surface area contributed by atoms with E-state index in [9.17, 15) is 4.79 Å². The molecule has 2 atom stereocenters. The van der Waals surface area contributed by atoms with Crippen LogP contribution < -0.4 is 0 Å². The summed E-state index contributed by atoms with van der Waals surface area (Å²) in [7, 11) is 0. The van der Waals surface area contributed by atoms with Crippen molar-refractivity contribution >= 4 is 17.3 Å². The maximum absolute atomic E-state index is 11.1. The zero-order valence-electron chi connectivity index (χ0n) is 7.16. The molecule has 0 saturated carbocycles. The third-order valence-electron chi connectivity index (χ3n) is 2.94. The zero-order valence-corrected chi connectivity index (χ0v) is 7.97. The molecule has 0 aromatic carbocycles. The Morgan fingerprint density at radius 1 is 1.54 bits per heavy atom. The van der Waals surface area contributed by atoms with E-state index in [1.165, 1.54) is 10.4 Å². The molecule has 1 aliphatic heterocycles. The molecule has 0 spiro atoms. The minimum atomic E-state index is -0.0194. The number of esters is 1. The lowest BCUT2D eigenvalue weighted by Crippen LogP contribution is -2.14. The second-order valence-electron chi connectivity index (χ2n) is 3.71. The van der Waals surface area contributed by atoms with Gasteiger partial charge in [-0.3, -0.25) is 4.79 Å². The van der Waals surface area contributed by atoms with Crippen molar-refractivity contribution in [2.24, 2.45) is 5.92 Å². The SMILES string of the molecule is O=C1CC2CCc3sccc3C2O1. The molecule has 1 aromatic rings. The molecule has 1 aromatic heterocycles. The molecule has 0 amide bonds. The van der Waals surface area contributed by atoms with Crippen LogP contribution in [0, 0.1) is 5.92 Å². The predicted octanol–water partition coefficient (Wildman–Crippen LogP) is 2.30. The molecule has 13 heavy (non-hydrogen) atoms. The first kappa shape index (κ1) is 7.56. The second kappa shape index (κ2) is 2.58. The van der Waals surface area contributed by atoms with Gasteiger partial charge in [-0.2, -0.15) is 0 Å². The van der Waals surface area contributed by atoms with Crippen molar-refractivity contribution in [2.45, 2.75) is 25.4 Å². The van der Waals surface area contributed by atoms with E-state index < -0.39 is 0 Å². The Morgan fingerprint density at radius 2 is 2.46 bits per heavy atom. The normalized spacial score (nSPS) is 30.9. The van der Waals surface area contributed by atoms with Crippen molar-refractivity contribution in [1.29, 1.82) is 0 Å². The van der Waals surface area contributed by atoms with Crippen LogP contribution in [0.25, 0.3) is 0 Å². The van der Waals surface area contributed by atoms with Gasteiger partial charge in [-0.1, -0.05) is 0 Å². The van der Waals surface area contributed by atoms with Gasteiger partial charge in [0.25, 0.3) is 0 Å². The summed E-state index contributed by atoms with van der Waals surface area (Å²) in [4.78, 5) is 12.5. The molecule has 2 nitrogen and oxygen atoms in total. The number of carbonyl (C=O) groups excluding carboxylic acids is 1. The van der Waals surface area contributed by atoms with Gasteiger partial charge in [-0.15, -0.1) is 11.3 Å². The van der Waals surface area contributed by atoms with Crippen molar-refractivity contribution < 1.29 is 9.53 Å². The first-order valence-electron chi connectivity index (χ1n) is 4.60. The summed E-state index contributed by atoms with van der Waals surface area (Å²) in [5.41, 5.74) is 1.27. The monoisotopic (exact) mass is 194 g/mol. The van der Waals surface area contributed by atoms with Gasteiger partial charge in [-0.05, 0) is 24.3 Å². The van der Waals surface area contributed by atoms with Crippen LogP contribution in [0.2, 0.25) is 0 Å². The van der Waals surface area contributed by atoms with Crippen molar-refractivity contribution in [1.82, 2.24) is 0 Å². The van der Waals surface area contributed by atoms with Gasteiger partial charge in [0.05, 0.1) is 6.42 Å². The van der Waals surface area contributed by atoms with Crippen LogP contribution >= 0.6 is 11.3 Å². The van der Waals surface area contributed by atoms with E-state index in [0.717, 1.165) is 12.8 Å². The third-order valence-corrected chi connectivity index (χ3v) is 3.94. The molecule has 0 radical (unpaired) electrons. The summed E-state index contributed by atoms with van der Waals surface area (Å²) in [6, 6.07) is 2.11. The number of fused-ring (bicyclic) bond motifs is 3. The van der Waals surface area contributed by atoms with Crippen LogP contribution in [0.15, 0.2) is 11.4 Å². The maximum atomic E-state index is 11.1. The molecular formula is C10H10O2S. The Bertz CT molecular complexity index is 356. The lowest BCUT2D eigenvalue weighted by molar-refractivity contribution is -0.141. The number of aryl methyl sites for hydroxylation is 1. The molecule has 1 aliphatic carbocycles.